The molecule has 140 valence electrons. The van der Waals surface area contributed by atoms with Crippen LogP contribution in [0.1, 0.15) is 24.0 Å². The van der Waals surface area contributed by atoms with Gasteiger partial charge in [0.05, 0.1) is 20.3 Å². The van der Waals surface area contributed by atoms with Crippen molar-refractivity contribution in [3.63, 3.8) is 0 Å². The van der Waals surface area contributed by atoms with Crippen LogP contribution in [0.15, 0.2) is 42.5 Å². The molecule has 1 atom stereocenters. The molecule has 1 saturated heterocycles. The summed E-state index contributed by atoms with van der Waals surface area (Å²) in [5.41, 5.74) is 1.97. The van der Waals surface area contributed by atoms with Crippen molar-refractivity contribution in [3.8, 4) is 17.2 Å². The Morgan fingerprint density at radius 2 is 1.88 bits per heavy atom. The largest absolute Gasteiger partial charge is 0.508 e. The Hall–Kier alpha value is -2.24. The molecule has 2 aromatic rings. The fraction of sp³-hybridized carbons (Fsp3) is 0.429. The van der Waals surface area contributed by atoms with E-state index in [0.29, 0.717) is 18.8 Å². The molecule has 0 amide bonds. The normalized spacial score (nSPS) is 16.8. The summed E-state index contributed by atoms with van der Waals surface area (Å²) in [6, 6.07) is 13.3. The summed E-state index contributed by atoms with van der Waals surface area (Å²) in [6.45, 7) is 2.98. The van der Waals surface area contributed by atoms with E-state index in [2.05, 4.69) is 4.90 Å². The number of benzene rings is 2. The standard InChI is InChI=1S/C21H27NO4/c1-24-18-9-10-21(25-2)17(12-18)14-22(15-19-7-5-11-26-19)13-16-6-3-4-8-20(16)23/h3-4,6,8-10,12,19,23H,5,7,11,13-15H2,1-2H3. The van der Waals surface area contributed by atoms with Crippen LogP contribution in [0.3, 0.4) is 0 Å². The summed E-state index contributed by atoms with van der Waals surface area (Å²) < 4.78 is 16.7. The van der Waals surface area contributed by atoms with Crippen LogP contribution in [0, 0.1) is 0 Å². The number of hydrogen-bond donors (Lipinski definition) is 1. The third-order valence-corrected chi connectivity index (χ3v) is 4.75. The zero-order valence-electron chi connectivity index (χ0n) is 15.5. The zero-order valence-corrected chi connectivity index (χ0v) is 15.5. The van der Waals surface area contributed by atoms with E-state index in [1.807, 2.05) is 36.4 Å². The fourth-order valence-electron chi connectivity index (χ4n) is 3.39. The summed E-state index contributed by atoms with van der Waals surface area (Å²) in [5.74, 6) is 1.96. The lowest BCUT2D eigenvalue weighted by atomic mass is 10.1. The highest BCUT2D eigenvalue weighted by atomic mass is 16.5. The number of hydrogen-bond acceptors (Lipinski definition) is 5. The number of methoxy groups -OCH3 is 2. The minimum atomic E-state index is 0.234. The predicted molar refractivity (Wildman–Crippen MR) is 101 cm³/mol. The molecule has 0 aliphatic carbocycles. The lowest BCUT2D eigenvalue weighted by Gasteiger charge is -2.26. The summed E-state index contributed by atoms with van der Waals surface area (Å²) in [5, 5.41) is 10.2. The SMILES string of the molecule is COc1ccc(OC)c(CN(Cc2ccccc2O)CC2CCCO2)c1. The van der Waals surface area contributed by atoms with E-state index in [1.54, 1.807) is 20.3 Å². The Morgan fingerprint density at radius 1 is 1.08 bits per heavy atom. The molecule has 0 radical (unpaired) electrons. The van der Waals surface area contributed by atoms with Crippen molar-refractivity contribution in [2.45, 2.75) is 32.0 Å². The number of phenolic OH excluding ortho intramolecular Hbond substituents is 1. The molecule has 0 bridgehead atoms. The molecule has 0 spiro atoms. The van der Waals surface area contributed by atoms with Crippen molar-refractivity contribution in [2.24, 2.45) is 0 Å². The summed E-state index contributed by atoms with van der Waals surface area (Å²) in [6.07, 6.45) is 2.42. The minimum absolute atomic E-state index is 0.234. The molecule has 1 aliphatic heterocycles. The first-order valence-electron chi connectivity index (χ1n) is 9.01. The molecule has 5 nitrogen and oxygen atoms in total. The van der Waals surface area contributed by atoms with Gasteiger partial charge in [0.2, 0.25) is 0 Å². The van der Waals surface area contributed by atoms with Crippen LogP contribution >= 0.6 is 0 Å². The first-order valence-corrected chi connectivity index (χ1v) is 9.01. The second-order valence-electron chi connectivity index (χ2n) is 6.61. The highest BCUT2D eigenvalue weighted by Gasteiger charge is 2.21. The number of para-hydroxylation sites is 1. The highest BCUT2D eigenvalue weighted by molar-refractivity contribution is 5.40. The lowest BCUT2D eigenvalue weighted by molar-refractivity contribution is 0.0673. The van der Waals surface area contributed by atoms with Crippen LogP contribution in [0.5, 0.6) is 17.2 Å². The van der Waals surface area contributed by atoms with E-state index in [1.165, 1.54) is 0 Å². The molecule has 1 unspecified atom stereocenters. The Balaban J connectivity index is 1.81. The van der Waals surface area contributed by atoms with Gasteiger partial charge in [-0.1, -0.05) is 18.2 Å². The van der Waals surface area contributed by atoms with Gasteiger partial charge in [0, 0.05) is 37.4 Å². The molecule has 3 rings (SSSR count). The van der Waals surface area contributed by atoms with Gasteiger partial charge < -0.3 is 19.3 Å². The van der Waals surface area contributed by atoms with Crippen molar-refractivity contribution in [3.05, 3.63) is 53.6 Å². The Kier molecular flexibility index (Phi) is 6.36. The van der Waals surface area contributed by atoms with Gasteiger partial charge in [0.1, 0.15) is 17.2 Å². The first kappa shape index (κ1) is 18.5. The van der Waals surface area contributed by atoms with Gasteiger partial charge in [-0.25, -0.2) is 0 Å². The fourth-order valence-corrected chi connectivity index (χ4v) is 3.39. The molecule has 0 aromatic heterocycles. The van der Waals surface area contributed by atoms with Gasteiger partial charge >= 0.3 is 0 Å². The topological polar surface area (TPSA) is 51.2 Å². The van der Waals surface area contributed by atoms with Crippen molar-refractivity contribution in [1.29, 1.82) is 0 Å². The third-order valence-electron chi connectivity index (χ3n) is 4.75. The summed E-state index contributed by atoms with van der Waals surface area (Å²) >= 11 is 0. The van der Waals surface area contributed by atoms with Gasteiger partial charge in [-0.05, 0) is 37.1 Å². The molecule has 1 aliphatic rings. The van der Waals surface area contributed by atoms with Crippen molar-refractivity contribution >= 4 is 0 Å². The first-order chi connectivity index (χ1) is 12.7. The van der Waals surface area contributed by atoms with Crippen LogP contribution < -0.4 is 9.47 Å². The van der Waals surface area contributed by atoms with E-state index in [-0.39, 0.29) is 6.10 Å². The van der Waals surface area contributed by atoms with E-state index in [9.17, 15) is 5.11 Å². The van der Waals surface area contributed by atoms with Gasteiger partial charge in [-0.15, -0.1) is 0 Å². The zero-order chi connectivity index (χ0) is 18.4. The Morgan fingerprint density at radius 3 is 2.58 bits per heavy atom. The number of phenols is 1. The maximum Gasteiger partial charge on any atom is 0.123 e. The average Bonchev–Trinajstić information content (AvgIpc) is 3.16. The van der Waals surface area contributed by atoms with Crippen molar-refractivity contribution in [1.82, 2.24) is 4.90 Å². The number of rotatable bonds is 8. The molecule has 1 N–H and O–H groups in total. The number of nitrogens with zero attached hydrogens (tertiary/aromatic N) is 1. The Labute approximate surface area is 155 Å². The Bertz CT molecular complexity index is 713. The van der Waals surface area contributed by atoms with Crippen molar-refractivity contribution in [2.75, 3.05) is 27.4 Å². The van der Waals surface area contributed by atoms with Crippen molar-refractivity contribution < 1.29 is 19.3 Å². The predicted octanol–water partition coefficient (Wildman–Crippen LogP) is 3.59. The second-order valence-corrected chi connectivity index (χ2v) is 6.61. The molecule has 26 heavy (non-hydrogen) atoms. The summed E-state index contributed by atoms with van der Waals surface area (Å²) in [7, 11) is 3.34. The monoisotopic (exact) mass is 357 g/mol. The van der Waals surface area contributed by atoms with Crippen LogP contribution in [0.4, 0.5) is 0 Å². The van der Waals surface area contributed by atoms with Gasteiger partial charge in [-0.2, -0.15) is 0 Å². The highest BCUT2D eigenvalue weighted by Crippen LogP contribution is 2.27. The van der Waals surface area contributed by atoms with Gasteiger partial charge in [-0.3, -0.25) is 4.90 Å². The average molecular weight is 357 g/mol. The number of aromatic hydroxyl groups is 1. The van der Waals surface area contributed by atoms with E-state index >= 15 is 0 Å². The quantitative estimate of drug-likeness (QED) is 0.782. The molecule has 0 saturated carbocycles. The molecular formula is C21H27NO4. The van der Waals surface area contributed by atoms with E-state index in [0.717, 1.165) is 48.6 Å². The smallest absolute Gasteiger partial charge is 0.123 e. The maximum atomic E-state index is 10.2. The maximum absolute atomic E-state index is 10.2. The molecule has 2 aromatic carbocycles. The number of ether oxygens (including phenoxy) is 3. The van der Waals surface area contributed by atoms with E-state index in [4.69, 9.17) is 14.2 Å². The summed E-state index contributed by atoms with van der Waals surface area (Å²) in [4.78, 5) is 2.29. The van der Waals surface area contributed by atoms with E-state index < -0.39 is 0 Å². The second kappa shape index (κ2) is 8.92. The van der Waals surface area contributed by atoms with Crippen LogP contribution in [-0.4, -0.2) is 43.5 Å². The molecule has 1 fully saturated rings. The van der Waals surface area contributed by atoms with Crippen LogP contribution in [0.2, 0.25) is 0 Å². The molecular weight excluding hydrogens is 330 g/mol. The van der Waals surface area contributed by atoms with Gasteiger partial charge in [0.15, 0.2) is 0 Å². The van der Waals surface area contributed by atoms with Crippen LogP contribution in [0.25, 0.3) is 0 Å². The molecule has 1 heterocycles. The lowest BCUT2D eigenvalue weighted by Crippen LogP contribution is -2.31. The molecule has 5 heteroatoms. The minimum Gasteiger partial charge on any atom is -0.508 e. The van der Waals surface area contributed by atoms with Crippen LogP contribution in [-0.2, 0) is 17.8 Å². The van der Waals surface area contributed by atoms with Gasteiger partial charge in [0.25, 0.3) is 0 Å². The third kappa shape index (κ3) is 4.68.